The predicted molar refractivity (Wildman–Crippen MR) is 3.62 cm³/mol. The molecular weight excluding hydrogens is 449 g/mol. The van der Waals surface area contributed by atoms with E-state index >= 15 is 0 Å². The zero-order valence-electron chi connectivity index (χ0n) is 3.56. The first-order valence-corrected chi connectivity index (χ1v) is 0. The minimum atomic E-state index is 0. The molecule has 0 atom stereocenters. The van der Waals surface area contributed by atoms with Gasteiger partial charge in [0.25, 0.3) is 0 Å². The fraction of sp³-hybridized carbons (Fsp3) is 0. The molecule has 0 fully saturated rings. The van der Waals surface area contributed by atoms with E-state index in [9.17, 15) is 0 Å². The van der Waals surface area contributed by atoms with Crippen molar-refractivity contribution in [1.82, 2.24) is 0 Å². The predicted octanol–water partition coefficient (Wildman–Crippen LogP) is -2.73. The third kappa shape index (κ3) is 17.9. The van der Waals surface area contributed by atoms with Gasteiger partial charge in [-0.05, 0) is 0 Å². The van der Waals surface area contributed by atoms with E-state index in [-0.39, 0.29) is 132 Å². The van der Waals surface area contributed by atoms with Crippen molar-refractivity contribution in [3.05, 3.63) is 0 Å². The van der Waals surface area contributed by atoms with E-state index in [1.54, 1.807) is 0 Å². The van der Waals surface area contributed by atoms with Gasteiger partial charge in [0.1, 0.15) is 0 Å². The molecule has 0 bridgehead atoms. The maximum absolute atomic E-state index is 0. The normalized spacial score (nSPS) is 0. The molecule has 0 heterocycles. The van der Waals surface area contributed by atoms with Crippen LogP contribution in [0.2, 0.25) is 0 Å². The summed E-state index contributed by atoms with van der Waals surface area (Å²) in [7, 11) is 0. The Morgan fingerprint density at radius 2 is 1.20 bits per heavy atom. The second kappa shape index (κ2) is 24.2. The Balaban J connectivity index is 0. The smallest absolute Gasteiger partial charge is 1.00 e. The van der Waals surface area contributed by atoms with Gasteiger partial charge in [-0.25, -0.2) is 0 Å². The van der Waals surface area contributed by atoms with Crippen LogP contribution < -0.4 is 18.9 Å². The second-order valence-electron chi connectivity index (χ2n) is 0. The minimum absolute atomic E-state index is 0. The number of hydrogen-bond acceptors (Lipinski definition) is 0. The molecule has 0 aliphatic rings. The summed E-state index contributed by atoms with van der Waals surface area (Å²) in [6.07, 6.45) is 0. The Kier molecular flexibility index (Phi) is 172. The molecule has 5 heteroatoms. The van der Waals surface area contributed by atoms with E-state index in [0.29, 0.717) is 0 Å². The summed E-state index contributed by atoms with van der Waals surface area (Å²) < 4.78 is 0. The Labute approximate surface area is 129 Å². The van der Waals surface area contributed by atoms with Crippen molar-refractivity contribution in [1.29, 1.82) is 0 Å². The molecule has 0 spiro atoms. The van der Waals surface area contributed by atoms with E-state index in [1.165, 1.54) is 0 Å². The minimum Gasteiger partial charge on any atom is -1.00 e. The van der Waals surface area contributed by atoms with Crippen molar-refractivity contribution >= 4 is 0 Å². The van der Waals surface area contributed by atoms with Gasteiger partial charge in [0.05, 0.1) is 0 Å². The molecule has 0 aliphatic carbocycles. The van der Waals surface area contributed by atoms with Crippen LogP contribution in [0.4, 0.5) is 4.70 Å². The van der Waals surface area contributed by atoms with Crippen LogP contribution in [-0.2, 0) is 32.7 Å². The molecule has 0 aromatic rings. The summed E-state index contributed by atoms with van der Waals surface area (Å²) in [5.74, 6) is 0. The molecule has 0 nitrogen and oxygen atoms in total. The van der Waals surface area contributed by atoms with Crippen LogP contribution in [0.5, 0.6) is 0 Å². The average Bonchev–Trinajstić information content (AvgIpc) is 0. The van der Waals surface area contributed by atoms with Crippen molar-refractivity contribution in [3.8, 4) is 0 Å². The van der Waals surface area contributed by atoms with Crippen molar-refractivity contribution in [2.45, 2.75) is 0 Å². The summed E-state index contributed by atoms with van der Waals surface area (Å²) >= 11 is 0. The van der Waals surface area contributed by atoms with E-state index in [0.717, 1.165) is 0 Å². The largest absolute Gasteiger partial charge is 1.00 e. The van der Waals surface area contributed by atoms with Crippen LogP contribution in [0, 0.1) is 74.6 Å². The third-order valence-electron chi connectivity index (χ3n) is 0. The molecular formula is H2FHoLiTmY. The van der Waals surface area contributed by atoms with Gasteiger partial charge in [-0.3, -0.25) is 4.70 Å². The van der Waals surface area contributed by atoms with Crippen LogP contribution in [0.25, 0.3) is 0 Å². The van der Waals surface area contributed by atoms with Crippen molar-refractivity contribution < 1.29 is 132 Å². The van der Waals surface area contributed by atoms with Gasteiger partial charge < -0.3 is 1.43 Å². The number of hydrogen-bond donors (Lipinski definition) is 0. The fourth-order valence-corrected chi connectivity index (χ4v) is 0. The first-order valence-electron chi connectivity index (χ1n) is 0. The molecule has 0 unspecified atom stereocenters. The first-order chi connectivity index (χ1) is 0. The molecule has 0 N–H and O–H groups in total. The van der Waals surface area contributed by atoms with E-state index in [4.69, 9.17) is 0 Å². The van der Waals surface area contributed by atoms with E-state index < -0.39 is 0 Å². The molecule has 0 saturated carbocycles. The molecule has 5 heavy (non-hydrogen) atoms. The Morgan fingerprint density at radius 1 is 1.20 bits per heavy atom. The third-order valence-corrected chi connectivity index (χ3v) is 0. The Bertz CT molecular complexity index is 15.5. The van der Waals surface area contributed by atoms with E-state index in [2.05, 4.69) is 0 Å². The quantitative estimate of drug-likeness (QED) is 0.352. The standard InChI is InChI=1S/FH.Ho.Li.Tm.Y.H/h1H;;;;;/q;;+1;;;-1. The average molecular weight is 451 g/mol. The molecule has 0 amide bonds. The van der Waals surface area contributed by atoms with Gasteiger partial charge in [-0.2, -0.15) is 0 Å². The second-order valence-corrected chi connectivity index (χ2v) is 0. The molecule has 0 aromatic carbocycles. The van der Waals surface area contributed by atoms with E-state index in [1.807, 2.05) is 0 Å². The fourth-order valence-electron chi connectivity index (χ4n) is 0. The number of rotatable bonds is 0. The summed E-state index contributed by atoms with van der Waals surface area (Å²) in [6.45, 7) is 0. The summed E-state index contributed by atoms with van der Waals surface area (Å²) in [4.78, 5) is 0. The summed E-state index contributed by atoms with van der Waals surface area (Å²) in [5.41, 5.74) is 0. The zero-order valence-corrected chi connectivity index (χ0v) is 9.12. The molecule has 3 radical (unpaired) electrons. The SMILES string of the molecule is F.[H-].[Ho].[Li+].[Tm].[Y]. The maximum atomic E-state index is 0. The number of halogens is 1. The molecule has 0 saturated heterocycles. The summed E-state index contributed by atoms with van der Waals surface area (Å²) in [6, 6.07) is 0. The van der Waals surface area contributed by atoms with Crippen LogP contribution in [0.3, 0.4) is 0 Å². The van der Waals surface area contributed by atoms with Gasteiger partial charge in [-0.1, -0.05) is 0 Å². The Hall–Kier alpha value is 4.12. The van der Waals surface area contributed by atoms with Crippen molar-refractivity contribution in [2.24, 2.45) is 0 Å². The van der Waals surface area contributed by atoms with Gasteiger partial charge >= 0.3 is 18.9 Å². The first kappa shape index (κ1) is 35.4. The van der Waals surface area contributed by atoms with Gasteiger partial charge in [0.15, 0.2) is 0 Å². The van der Waals surface area contributed by atoms with Crippen molar-refractivity contribution in [2.75, 3.05) is 0 Å². The molecule has 0 aliphatic heterocycles. The monoisotopic (exact) mass is 451 g/mol. The Morgan fingerprint density at radius 3 is 1.20 bits per heavy atom. The van der Waals surface area contributed by atoms with Crippen molar-refractivity contribution in [3.63, 3.8) is 0 Å². The van der Waals surface area contributed by atoms with Gasteiger partial charge in [0.2, 0.25) is 0 Å². The molecule has 0 rings (SSSR count). The maximum Gasteiger partial charge on any atom is 1.00 e. The molecule has 37 valence electrons. The van der Waals surface area contributed by atoms with Crippen LogP contribution in [-0.4, -0.2) is 0 Å². The molecule has 0 aromatic heterocycles. The zero-order chi connectivity index (χ0) is 0. The van der Waals surface area contributed by atoms with Crippen LogP contribution >= 0.6 is 0 Å². The van der Waals surface area contributed by atoms with Crippen LogP contribution in [0.1, 0.15) is 1.43 Å². The van der Waals surface area contributed by atoms with Gasteiger partial charge in [0, 0.05) is 107 Å². The van der Waals surface area contributed by atoms with Gasteiger partial charge in [-0.15, -0.1) is 0 Å². The van der Waals surface area contributed by atoms with Crippen LogP contribution in [0.15, 0.2) is 0 Å². The summed E-state index contributed by atoms with van der Waals surface area (Å²) in [5, 5.41) is 0. The topological polar surface area (TPSA) is 0 Å².